The van der Waals surface area contributed by atoms with Gasteiger partial charge in [-0.05, 0) is 12.5 Å². The highest BCUT2D eigenvalue weighted by atomic mass is 16.5. The third-order valence-corrected chi connectivity index (χ3v) is 2.94. The summed E-state index contributed by atoms with van der Waals surface area (Å²) in [7, 11) is 1.77. The van der Waals surface area contributed by atoms with E-state index in [1.54, 1.807) is 17.8 Å². The molecule has 0 spiro atoms. The lowest BCUT2D eigenvalue weighted by Crippen LogP contribution is -2.25. The number of aromatic nitrogens is 2. The van der Waals surface area contributed by atoms with E-state index in [-0.39, 0.29) is 11.1 Å². The van der Waals surface area contributed by atoms with E-state index in [4.69, 9.17) is 9.84 Å². The first kappa shape index (κ1) is 10.2. The van der Waals surface area contributed by atoms with Crippen LogP contribution in [0.25, 0.3) is 0 Å². The summed E-state index contributed by atoms with van der Waals surface area (Å²) >= 11 is 0. The second kappa shape index (κ2) is 3.34. The van der Waals surface area contributed by atoms with Crippen LogP contribution in [0.5, 0.6) is 0 Å². The Labute approximate surface area is 87.7 Å². The van der Waals surface area contributed by atoms with E-state index in [0.717, 1.165) is 18.7 Å². The van der Waals surface area contributed by atoms with Gasteiger partial charge in [0.1, 0.15) is 0 Å². The van der Waals surface area contributed by atoms with Crippen LogP contribution in [-0.4, -0.2) is 34.1 Å². The molecule has 2 heterocycles. The number of aryl methyl sites for hydroxylation is 1. The standard InChI is InChI=1S/C10H14N2O3/c1-10(3-4-15-6-10)8-5-7(9(13)14)11-12(8)2/h5H,3-4,6H2,1-2H3,(H,13,14). The minimum atomic E-state index is -0.987. The maximum absolute atomic E-state index is 10.8. The van der Waals surface area contributed by atoms with Gasteiger partial charge < -0.3 is 9.84 Å². The van der Waals surface area contributed by atoms with Crippen LogP contribution in [0.3, 0.4) is 0 Å². The van der Waals surface area contributed by atoms with Gasteiger partial charge in [0.25, 0.3) is 0 Å². The van der Waals surface area contributed by atoms with Gasteiger partial charge in [0, 0.05) is 24.8 Å². The van der Waals surface area contributed by atoms with Gasteiger partial charge in [-0.15, -0.1) is 0 Å². The first-order valence-corrected chi connectivity index (χ1v) is 4.88. The van der Waals surface area contributed by atoms with E-state index in [1.165, 1.54) is 0 Å². The molecule has 1 saturated heterocycles. The fraction of sp³-hybridized carbons (Fsp3) is 0.600. The molecular weight excluding hydrogens is 196 g/mol. The number of hydrogen-bond acceptors (Lipinski definition) is 3. The molecule has 1 unspecified atom stereocenters. The van der Waals surface area contributed by atoms with E-state index < -0.39 is 5.97 Å². The van der Waals surface area contributed by atoms with Gasteiger partial charge >= 0.3 is 5.97 Å². The van der Waals surface area contributed by atoms with Crippen molar-refractivity contribution in [2.75, 3.05) is 13.2 Å². The van der Waals surface area contributed by atoms with Crippen molar-refractivity contribution in [1.82, 2.24) is 9.78 Å². The van der Waals surface area contributed by atoms with Crippen LogP contribution in [0.1, 0.15) is 29.5 Å². The van der Waals surface area contributed by atoms with Gasteiger partial charge in [0.2, 0.25) is 0 Å². The molecule has 0 aliphatic carbocycles. The van der Waals surface area contributed by atoms with Crippen LogP contribution in [0.4, 0.5) is 0 Å². The van der Waals surface area contributed by atoms with Gasteiger partial charge in [0.15, 0.2) is 5.69 Å². The van der Waals surface area contributed by atoms with Crippen molar-refractivity contribution in [2.45, 2.75) is 18.8 Å². The van der Waals surface area contributed by atoms with Crippen LogP contribution in [0.15, 0.2) is 6.07 Å². The number of rotatable bonds is 2. The van der Waals surface area contributed by atoms with Crippen molar-refractivity contribution in [3.63, 3.8) is 0 Å². The van der Waals surface area contributed by atoms with Crippen molar-refractivity contribution in [3.8, 4) is 0 Å². The van der Waals surface area contributed by atoms with Gasteiger partial charge in [-0.3, -0.25) is 4.68 Å². The Morgan fingerprint density at radius 2 is 2.47 bits per heavy atom. The van der Waals surface area contributed by atoms with Gasteiger partial charge in [0.05, 0.1) is 6.61 Å². The van der Waals surface area contributed by atoms with Crippen molar-refractivity contribution in [3.05, 3.63) is 17.5 Å². The molecule has 0 radical (unpaired) electrons. The number of hydrogen-bond donors (Lipinski definition) is 1. The number of nitrogens with zero attached hydrogens (tertiary/aromatic N) is 2. The monoisotopic (exact) mass is 210 g/mol. The average Bonchev–Trinajstić information content (AvgIpc) is 2.73. The fourth-order valence-electron chi connectivity index (χ4n) is 2.01. The molecule has 1 aliphatic heterocycles. The molecule has 1 atom stereocenters. The summed E-state index contributed by atoms with van der Waals surface area (Å²) < 4.78 is 6.99. The van der Waals surface area contributed by atoms with E-state index in [2.05, 4.69) is 12.0 Å². The highest BCUT2D eigenvalue weighted by molar-refractivity contribution is 5.85. The molecule has 0 bridgehead atoms. The zero-order valence-corrected chi connectivity index (χ0v) is 8.86. The Kier molecular flexibility index (Phi) is 2.26. The minimum absolute atomic E-state index is 0.0978. The topological polar surface area (TPSA) is 64.4 Å². The minimum Gasteiger partial charge on any atom is -0.476 e. The first-order valence-electron chi connectivity index (χ1n) is 4.88. The number of carboxylic acid groups (broad SMARTS) is 1. The Bertz CT molecular complexity index is 391. The third-order valence-electron chi connectivity index (χ3n) is 2.94. The van der Waals surface area contributed by atoms with Crippen molar-refractivity contribution >= 4 is 5.97 Å². The molecule has 1 aliphatic rings. The summed E-state index contributed by atoms with van der Waals surface area (Å²) in [4.78, 5) is 10.8. The quantitative estimate of drug-likeness (QED) is 0.784. The van der Waals surface area contributed by atoms with Crippen molar-refractivity contribution in [1.29, 1.82) is 0 Å². The molecule has 2 rings (SSSR count). The van der Waals surface area contributed by atoms with Crippen LogP contribution >= 0.6 is 0 Å². The molecule has 0 aromatic carbocycles. The Balaban J connectivity index is 2.39. The van der Waals surface area contributed by atoms with Crippen LogP contribution in [0.2, 0.25) is 0 Å². The Morgan fingerprint density at radius 1 is 1.73 bits per heavy atom. The average molecular weight is 210 g/mol. The number of carboxylic acids is 1. The Hall–Kier alpha value is -1.36. The zero-order chi connectivity index (χ0) is 11.1. The summed E-state index contributed by atoms with van der Waals surface area (Å²) in [6.45, 7) is 3.43. The van der Waals surface area contributed by atoms with Crippen LogP contribution in [0, 0.1) is 0 Å². The SMILES string of the molecule is Cn1nc(C(=O)O)cc1C1(C)CCOC1. The third kappa shape index (κ3) is 1.63. The molecule has 0 saturated carbocycles. The van der Waals surface area contributed by atoms with E-state index in [0.29, 0.717) is 6.61 Å². The van der Waals surface area contributed by atoms with E-state index in [1.807, 2.05) is 0 Å². The number of aromatic carboxylic acids is 1. The molecule has 1 aromatic heterocycles. The second-order valence-corrected chi connectivity index (χ2v) is 4.21. The smallest absolute Gasteiger partial charge is 0.356 e. The predicted octanol–water partition coefficient (Wildman–Crippen LogP) is 0.796. The molecule has 5 heteroatoms. The summed E-state index contributed by atoms with van der Waals surface area (Å²) in [5.74, 6) is -0.987. The molecule has 15 heavy (non-hydrogen) atoms. The summed E-state index contributed by atoms with van der Waals surface area (Å²) in [5, 5.41) is 12.8. The number of carbonyl (C=O) groups is 1. The molecule has 82 valence electrons. The highest BCUT2D eigenvalue weighted by Gasteiger charge is 2.35. The van der Waals surface area contributed by atoms with Gasteiger partial charge in [-0.2, -0.15) is 5.10 Å². The maximum Gasteiger partial charge on any atom is 0.356 e. The van der Waals surface area contributed by atoms with Crippen molar-refractivity contribution in [2.24, 2.45) is 7.05 Å². The van der Waals surface area contributed by atoms with E-state index >= 15 is 0 Å². The fourth-order valence-corrected chi connectivity index (χ4v) is 2.01. The lowest BCUT2D eigenvalue weighted by Gasteiger charge is -2.21. The lowest BCUT2D eigenvalue weighted by atomic mass is 9.86. The second-order valence-electron chi connectivity index (χ2n) is 4.21. The lowest BCUT2D eigenvalue weighted by molar-refractivity contribution is 0.0689. The molecule has 1 aromatic rings. The summed E-state index contributed by atoms with van der Waals surface area (Å²) in [5.41, 5.74) is 0.924. The highest BCUT2D eigenvalue weighted by Crippen LogP contribution is 2.32. The first-order chi connectivity index (χ1) is 7.03. The van der Waals surface area contributed by atoms with E-state index in [9.17, 15) is 4.79 Å². The molecule has 0 amide bonds. The Morgan fingerprint density at radius 3 is 2.93 bits per heavy atom. The zero-order valence-electron chi connectivity index (χ0n) is 8.86. The van der Waals surface area contributed by atoms with Gasteiger partial charge in [-0.25, -0.2) is 4.79 Å². The number of ether oxygens (including phenoxy) is 1. The molecular formula is C10H14N2O3. The summed E-state index contributed by atoms with van der Waals surface area (Å²) in [6.07, 6.45) is 0.908. The molecule has 5 nitrogen and oxygen atoms in total. The van der Waals surface area contributed by atoms with Crippen molar-refractivity contribution < 1.29 is 14.6 Å². The van der Waals surface area contributed by atoms with Crippen LogP contribution in [-0.2, 0) is 17.2 Å². The molecule has 1 N–H and O–H groups in total. The van der Waals surface area contributed by atoms with Crippen LogP contribution < -0.4 is 0 Å². The predicted molar refractivity (Wildman–Crippen MR) is 53.0 cm³/mol. The molecule has 1 fully saturated rings. The normalized spacial score (nSPS) is 25.7. The largest absolute Gasteiger partial charge is 0.476 e. The van der Waals surface area contributed by atoms with Gasteiger partial charge in [-0.1, -0.05) is 6.92 Å². The maximum atomic E-state index is 10.8. The summed E-state index contributed by atoms with van der Waals surface area (Å²) in [6, 6.07) is 1.64.